The number of anilines is 1. The Hall–Kier alpha value is -4.08. The molecule has 0 spiro atoms. The van der Waals surface area contributed by atoms with Gasteiger partial charge in [0.15, 0.2) is 11.5 Å². The van der Waals surface area contributed by atoms with Crippen LogP contribution < -0.4 is 4.90 Å². The molecule has 172 valence electrons. The molecule has 2 aliphatic rings. The first-order chi connectivity index (χ1) is 16.5. The molecule has 1 aliphatic carbocycles. The molecule has 6 rings (SSSR count). The summed E-state index contributed by atoms with van der Waals surface area (Å²) in [5, 5.41) is 21.4. The van der Waals surface area contributed by atoms with E-state index in [9.17, 15) is 14.9 Å². The molecular weight excluding hydrogens is 434 g/mol. The van der Waals surface area contributed by atoms with Crippen LogP contribution in [0.4, 0.5) is 11.6 Å². The molecule has 2 aromatic carbocycles. The van der Waals surface area contributed by atoms with Crippen molar-refractivity contribution in [3.05, 3.63) is 58.6 Å². The third-order valence-electron chi connectivity index (χ3n) is 6.69. The molecule has 1 unspecified atom stereocenters. The number of nitro benzene ring substituents is 1. The van der Waals surface area contributed by atoms with Gasteiger partial charge in [0.2, 0.25) is 11.9 Å². The van der Waals surface area contributed by atoms with E-state index < -0.39 is 4.92 Å². The first-order valence-electron chi connectivity index (χ1n) is 11.5. The number of benzene rings is 2. The summed E-state index contributed by atoms with van der Waals surface area (Å²) in [6.07, 6.45) is 1.97. The zero-order chi connectivity index (χ0) is 23.4. The van der Waals surface area contributed by atoms with Crippen molar-refractivity contribution in [1.82, 2.24) is 24.5 Å². The summed E-state index contributed by atoms with van der Waals surface area (Å²) in [6.45, 7) is 3.88. The molecule has 0 bridgehead atoms. The highest BCUT2D eigenvalue weighted by Crippen LogP contribution is 2.35. The lowest BCUT2D eigenvalue weighted by molar-refractivity contribution is -0.384. The Morgan fingerprint density at radius 1 is 1.06 bits per heavy atom. The van der Waals surface area contributed by atoms with Crippen LogP contribution in [0.3, 0.4) is 0 Å². The number of piperazine rings is 1. The summed E-state index contributed by atoms with van der Waals surface area (Å²) < 4.78 is 1.82. The van der Waals surface area contributed by atoms with Gasteiger partial charge in [0, 0.05) is 43.0 Å². The predicted octanol–water partition coefficient (Wildman–Crippen LogP) is 3.30. The zero-order valence-corrected chi connectivity index (χ0v) is 18.7. The van der Waals surface area contributed by atoms with Crippen molar-refractivity contribution < 1.29 is 9.72 Å². The number of aromatic nitrogens is 4. The average molecular weight is 457 g/mol. The van der Waals surface area contributed by atoms with E-state index in [0.717, 1.165) is 23.7 Å². The zero-order valence-electron chi connectivity index (χ0n) is 18.7. The van der Waals surface area contributed by atoms with Crippen LogP contribution in [-0.4, -0.2) is 61.0 Å². The van der Waals surface area contributed by atoms with E-state index in [1.165, 1.54) is 6.07 Å². The van der Waals surface area contributed by atoms with E-state index in [1.807, 2.05) is 33.6 Å². The van der Waals surface area contributed by atoms with Crippen LogP contribution in [0.1, 0.15) is 19.8 Å². The van der Waals surface area contributed by atoms with Gasteiger partial charge >= 0.3 is 0 Å². The second kappa shape index (κ2) is 7.75. The first kappa shape index (κ1) is 20.5. The maximum Gasteiger partial charge on any atom is 0.280 e. The number of para-hydroxylation sites is 2. The molecule has 0 N–H and O–H groups in total. The highest BCUT2D eigenvalue weighted by Gasteiger charge is 2.38. The largest absolute Gasteiger partial charge is 0.338 e. The molecule has 2 fully saturated rings. The molecule has 10 nitrogen and oxygen atoms in total. The fourth-order valence-corrected chi connectivity index (χ4v) is 4.81. The van der Waals surface area contributed by atoms with Crippen molar-refractivity contribution in [1.29, 1.82) is 0 Å². The van der Waals surface area contributed by atoms with Crippen molar-refractivity contribution in [2.24, 2.45) is 5.92 Å². The number of hydrogen-bond donors (Lipinski definition) is 0. The third kappa shape index (κ3) is 3.25. The molecule has 0 radical (unpaired) electrons. The summed E-state index contributed by atoms with van der Waals surface area (Å²) in [6, 6.07) is 14.2. The van der Waals surface area contributed by atoms with Crippen LogP contribution in [-0.2, 0) is 4.79 Å². The number of amides is 1. The summed E-state index contributed by atoms with van der Waals surface area (Å²) in [7, 11) is 0. The van der Waals surface area contributed by atoms with Crippen LogP contribution in [0.15, 0.2) is 48.5 Å². The van der Waals surface area contributed by atoms with Gasteiger partial charge in [-0.2, -0.15) is 0 Å². The second-order valence-corrected chi connectivity index (χ2v) is 8.99. The van der Waals surface area contributed by atoms with Gasteiger partial charge < -0.3 is 9.80 Å². The Balaban J connectivity index is 1.50. The molecule has 2 aromatic heterocycles. The van der Waals surface area contributed by atoms with Crippen LogP contribution in [0, 0.1) is 16.0 Å². The monoisotopic (exact) mass is 457 g/mol. The topological polar surface area (TPSA) is 110 Å². The van der Waals surface area contributed by atoms with Gasteiger partial charge in [-0.1, -0.05) is 24.3 Å². The summed E-state index contributed by atoms with van der Waals surface area (Å²) in [4.78, 5) is 33.1. The van der Waals surface area contributed by atoms with E-state index in [2.05, 4.69) is 22.0 Å². The predicted molar refractivity (Wildman–Crippen MR) is 126 cm³/mol. The number of hydrogen-bond acceptors (Lipinski definition) is 7. The minimum atomic E-state index is -0.408. The number of rotatable bonds is 4. The molecular formula is C24H23N7O3. The Kier molecular flexibility index (Phi) is 4.68. The van der Waals surface area contributed by atoms with Crippen LogP contribution >= 0.6 is 0 Å². The van der Waals surface area contributed by atoms with Crippen LogP contribution in [0.5, 0.6) is 0 Å². The van der Waals surface area contributed by atoms with Crippen molar-refractivity contribution in [3.8, 4) is 11.4 Å². The van der Waals surface area contributed by atoms with E-state index in [-0.39, 0.29) is 23.6 Å². The highest BCUT2D eigenvalue weighted by molar-refractivity contribution is 5.93. The molecule has 3 heterocycles. The summed E-state index contributed by atoms with van der Waals surface area (Å²) in [5.41, 5.74) is 1.71. The summed E-state index contributed by atoms with van der Waals surface area (Å²) >= 11 is 0. The fourth-order valence-electron chi connectivity index (χ4n) is 4.81. The number of carbonyl (C=O) groups excluding carboxylic acids is 1. The van der Waals surface area contributed by atoms with Crippen LogP contribution in [0.25, 0.3) is 27.9 Å². The van der Waals surface area contributed by atoms with Gasteiger partial charge in [0.25, 0.3) is 5.69 Å². The standard InChI is InChI=1S/C24H23N7O3/c1-15-14-28(12-13-29(15)23(32)16-10-11-16)24-25-19-8-4-2-6-17(19)21-26-27-22(30(21)24)18-7-3-5-9-20(18)31(33)34/h2-9,15-16H,10-14H2,1H3. The molecule has 10 heteroatoms. The summed E-state index contributed by atoms with van der Waals surface area (Å²) in [5.74, 6) is 1.42. The Morgan fingerprint density at radius 3 is 2.59 bits per heavy atom. The quantitative estimate of drug-likeness (QED) is 0.342. The minimum absolute atomic E-state index is 0.0242. The second-order valence-electron chi connectivity index (χ2n) is 8.99. The van der Waals surface area contributed by atoms with Gasteiger partial charge in [-0.3, -0.25) is 14.9 Å². The molecule has 4 aromatic rings. The SMILES string of the molecule is CC1CN(c2nc3ccccc3c3nnc(-c4ccccc4[N+](=O)[O-])n23)CCN1C(=O)C1CC1. The lowest BCUT2D eigenvalue weighted by atomic mass is 10.1. The van der Waals surface area contributed by atoms with Gasteiger partial charge in [-0.05, 0) is 38.0 Å². The maximum absolute atomic E-state index is 12.7. The normalized spacial score (nSPS) is 18.6. The van der Waals surface area contributed by atoms with Gasteiger partial charge in [-0.15, -0.1) is 10.2 Å². The number of fused-ring (bicyclic) bond motifs is 3. The van der Waals surface area contributed by atoms with Crippen molar-refractivity contribution in [2.75, 3.05) is 24.5 Å². The number of carbonyl (C=O) groups is 1. The Labute approximate surface area is 195 Å². The fraction of sp³-hybridized carbons (Fsp3) is 0.333. The maximum atomic E-state index is 12.7. The van der Waals surface area contributed by atoms with Gasteiger partial charge in [0.05, 0.1) is 16.0 Å². The molecule has 1 saturated heterocycles. The van der Waals surface area contributed by atoms with Gasteiger partial charge in [-0.25, -0.2) is 9.38 Å². The minimum Gasteiger partial charge on any atom is -0.338 e. The third-order valence-corrected chi connectivity index (χ3v) is 6.69. The lowest BCUT2D eigenvalue weighted by Crippen LogP contribution is -2.55. The number of nitro groups is 1. The highest BCUT2D eigenvalue weighted by atomic mass is 16.6. The average Bonchev–Trinajstić information content (AvgIpc) is 3.61. The van der Waals surface area contributed by atoms with Crippen molar-refractivity contribution in [2.45, 2.75) is 25.8 Å². The van der Waals surface area contributed by atoms with E-state index >= 15 is 0 Å². The molecule has 1 aliphatic heterocycles. The van der Waals surface area contributed by atoms with Gasteiger partial charge in [0.1, 0.15) is 0 Å². The van der Waals surface area contributed by atoms with E-state index in [1.54, 1.807) is 18.2 Å². The molecule has 34 heavy (non-hydrogen) atoms. The Bertz CT molecular complexity index is 1450. The van der Waals surface area contributed by atoms with E-state index in [4.69, 9.17) is 4.98 Å². The molecule has 1 atom stereocenters. The number of nitrogens with zero attached hydrogens (tertiary/aromatic N) is 7. The molecule has 1 saturated carbocycles. The first-order valence-corrected chi connectivity index (χ1v) is 11.5. The smallest absolute Gasteiger partial charge is 0.280 e. The van der Waals surface area contributed by atoms with Crippen molar-refractivity contribution in [3.63, 3.8) is 0 Å². The van der Waals surface area contributed by atoms with Crippen molar-refractivity contribution >= 4 is 34.1 Å². The lowest BCUT2D eigenvalue weighted by Gasteiger charge is -2.40. The van der Waals surface area contributed by atoms with E-state index in [0.29, 0.717) is 42.6 Å². The van der Waals surface area contributed by atoms with Crippen LogP contribution in [0.2, 0.25) is 0 Å². The Morgan fingerprint density at radius 2 is 1.82 bits per heavy atom. The molecule has 1 amide bonds.